The van der Waals surface area contributed by atoms with Crippen LogP contribution in [0, 0.1) is 32.8 Å². The van der Waals surface area contributed by atoms with E-state index in [9.17, 15) is 28.1 Å². The third-order valence-corrected chi connectivity index (χ3v) is 10.5. The van der Waals surface area contributed by atoms with Crippen molar-refractivity contribution in [3.63, 3.8) is 0 Å². The van der Waals surface area contributed by atoms with Crippen molar-refractivity contribution in [3.8, 4) is 0 Å². The molecule has 0 spiro atoms. The number of sulfonamides is 1. The summed E-state index contributed by atoms with van der Waals surface area (Å²) in [6.45, 7) is 11.7. The Labute approximate surface area is 205 Å². The van der Waals surface area contributed by atoms with Gasteiger partial charge in [0.15, 0.2) is 4.90 Å². The highest BCUT2D eigenvalue weighted by Gasteiger charge is 2.73. The number of methoxy groups -OCH3 is 1. The monoisotopic (exact) mass is 502 g/mol. The van der Waals surface area contributed by atoms with Gasteiger partial charge in [-0.05, 0) is 52.0 Å². The Hall–Kier alpha value is -3.01. The van der Waals surface area contributed by atoms with Gasteiger partial charge < -0.3 is 4.74 Å². The number of carbonyl (C=O) groups is 2. The second-order valence-electron chi connectivity index (χ2n) is 10.3. The quantitative estimate of drug-likeness (QED) is 0.258. The third kappa shape index (κ3) is 3.22. The normalized spacial score (nSPS) is 32.3. The van der Waals surface area contributed by atoms with Gasteiger partial charge in [-0.3, -0.25) is 19.7 Å². The molecule has 2 heterocycles. The fraction of sp³-hybridized carbons (Fsp3) is 0.520. The van der Waals surface area contributed by atoms with Crippen molar-refractivity contribution >= 4 is 27.6 Å². The Morgan fingerprint density at radius 1 is 1.26 bits per heavy atom. The molecule has 188 valence electrons. The summed E-state index contributed by atoms with van der Waals surface area (Å²) in [7, 11) is -3.40. The summed E-state index contributed by atoms with van der Waals surface area (Å²) >= 11 is 0. The molecular weight excluding hydrogens is 472 g/mol. The lowest BCUT2D eigenvalue weighted by Gasteiger charge is -2.65. The lowest BCUT2D eigenvalue weighted by molar-refractivity contribution is -0.387. The van der Waals surface area contributed by atoms with E-state index in [0.717, 1.165) is 33.2 Å². The van der Waals surface area contributed by atoms with Crippen LogP contribution in [-0.4, -0.2) is 42.7 Å². The van der Waals surface area contributed by atoms with E-state index in [1.807, 2.05) is 27.7 Å². The van der Waals surface area contributed by atoms with E-state index in [4.69, 9.17) is 4.74 Å². The van der Waals surface area contributed by atoms with E-state index < -0.39 is 66.1 Å². The molecule has 0 radical (unpaired) electrons. The summed E-state index contributed by atoms with van der Waals surface area (Å²) in [4.78, 5) is 37.9. The number of allylic oxidation sites excluding steroid dienone is 3. The highest BCUT2D eigenvalue weighted by atomic mass is 32.2. The largest absolute Gasteiger partial charge is 0.469 e. The number of benzene rings is 1. The Balaban J connectivity index is 2.02. The summed E-state index contributed by atoms with van der Waals surface area (Å²) < 4.78 is 34.0. The molecule has 2 aliphatic carbocycles. The number of hydrogen-bond acceptors (Lipinski definition) is 7. The van der Waals surface area contributed by atoms with Crippen LogP contribution in [-0.2, 0) is 24.3 Å². The highest BCUT2D eigenvalue weighted by Crippen LogP contribution is 2.67. The summed E-state index contributed by atoms with van der Waals surface area (Å²) in [5.74, 6) is -2.56. The zero-order valence-electron chi connectivity index (χ0n) is 20.5. The first-order valence-electron chi connectivity index (χ1n) is 11.5. The zero-order chi connectivity index (χ0) is 26.1. The number of para-hydroxylation sites is 1. The number of piperidine rings is 2. The molecule has 1 aromatic rings. The van der Waals surface area contributed by atoms with Gasteiger partial charge in [0.2, 0.25) is 5.91 Å². The summed E-state index contributed by atoms with van der Waals surface area (Å²) in [6.07, 6.45) is 0.881. The molecule has 2 saturated heterocycles. The predicted molar refractivity (Wildman–Crippen MR) is 127 cm³/mol. The first-order valence-corrected chi connectivity index (χ1v) is 12.9. The van der Waals surface area contributed by atoms with Crippen LogP contribution >= 0.6 is 0 Å². The van der Waals surface area contributed by atoms with Gasteiger partial charge in [0.25, 0.3) is 15.7 Å². The standard InChI is InChI=1S/C25H30N2O7S/c1-14(2)24(5)13-20-25(23(29)34-6)12-16(4)15(3)11-17(25)21(24)22(28)26(20)35(32,33)19-10-8-7-9-18(19)27(30)31/h7-10,17,20-21H,1,11-13H2,2-6H3/t17-,20+,21-,24-,25+/m0/s1. The van der Waals surface area contributed by atoms with E-state index in [2.05, 4.69) is 6.58 Å². The average molecular weight is 503 g/mol. The maximum atomic E-state index is 14.1. The molecule has 1 amide bonds. The van der Waals surface area contributed by atoms with Crippen molar-refractivity contribution in [2.75, 3.05) is 7.11 Å². The Kier molecular flexibility index (Phi) is 5.74. The number of carbonyl (C=O) groups excluding carboxylic acids is 2. The predicted octanol–water partition coefficient (Wildman–Crippen LogP) is 4.00. The second kappa shape index (κ2) is 8.01. The molecule has 3 fully saturated rings. The lowest BCUT2D eigenvalue weighted by Crippen LogP contribution is -2.74. The minimum Gasteiger partial charge on any atom is -0.469 e. The number of esters is 1. The van der Waals surface area contributed by atoms with Crippen molar-refractivity contribution in [3.05, 3.63) is 57.7 Å². The number of rotatable bonds is 5. The van der Waals surface area contributed by atoms with E-state index in [1.165, 1.54) is 19.2 Å². The smallest absolute Gasteiger partial charge is 0.314 e. The van der Waals surface area contributed by atoms with Crippen LogP contribution in [0.5, 0.6) is 0 Å². The van der Waals surface area contributed by atoms with Crippen LogP contribution in [0.25, 0.3) is 0 Å². The minimum absolute atomic E-state index is 0.177. The van der Waals surface area contributed by atoms with Crippen molar-refractivity contribution in [2.24, 2.45) is 22.7 Å². The topological polar surface area (TPSA) is 124 Å². The van der Waals surface area contributed by atoms with Crippen LogP contribution in [0.1, 0.15) is 47.0 Å². The molecule has 1 saturated carbocycles. The van der Waals surface area contributed by atoms with Crippen LogP contribution in [0.15, 0.2) is 52.5 Å². The highest BCUT2D eigenvalue weighted by molar-refractivity contribution is 7.89. The molecule has 5 atom stereocenters. The first-order chi connectivity index (χ1) is 16.2. The van der Waals surface area contributed by atoms with Crippen molar-refractivity contribution < 1.29 is 27.7 Å². The van der Waals surface area contributed by atoms with E-state index in [0.29, 0.717) is 6.42 Å². The van der Waals surface area contributed by atoms with Gasteiger partial charge in [-0.25, -0.2) is 12.7 Å². The van der Waals surface area contributed by atoms with Crippen molar-refractivity contribution in [2.45, 2.75) is 57.9 Å². The molecule has 4 aliphatic rings. The van der Waals surface area contributed by atoms with Crippen LogP contribution < -0.4 is 0 Å². The minimum atomic E-state index is -4.67. The Morgan fingerprint density at radius 3 is 2.46 bits per heavy atom. The number of nitrogens with zero attached hydrogens (tertiary/aromatic N) is 2. The number of fused-ring (bicyclic) bond motifs is 2. The SMILES string of the molecule is C=C(C)[C@]1(C)C[C@H]2N(S(=O)(=O)c3ccccc3[N+](=O)[O-])C(=O)[C@@H]1[C@@H]1CC(C)=C(C)C[C@@]12C(=O)OC. The van der Waals surface area contributed by atoms with Gasteiger partial charge in [0, 0.05) is 11.5 Å². The molecule has 5 rings (SSSR count). The fourth-order valence-corrected chi connectivity index (χ4v) is 8.39. The maximum Gasteiger partial charge on any atom is 0.314 e. The fourth-order valence-electron chi connectivity index (χ4n) is 6.58. The summed E-state index contributed by atoms with van der Waals surface area (Å²) in [6, 6.07) is 3.88. The van der Waals surface area contributed by atoms with E-state index in [-0.39, 0.29) is 12.8 Å². The van der Waals surface area contributed by atoms with Crippen molar-refractivity contribution in [1.29, 1.82) is 0 Å². The van der Waals surface area contributed by atoms with Gasteiger partial charge in [-0.2, -0.15) is 0 Å². The first kappa shape index (κ1) is 25.1. The molecule has 9 nitrogen and oxygen atoms in total. The van der Waals surface area contributed by atoms with Gasteiger partial charge in [0.05, 0.1) is 29.4 Å². The molecule has 2 aliphatic heterocycles. The van der Waals surface area contributed by atoms with Gasteiger partial charge in [-0.1, -0.05) is 42.4 Å². The van der Waals surface area contributed by atoms with Crippen molar-refractivity contribution in [1.82, 2.24) is 4.31 Å². The summed E-state index contributed by atoms with van der Waals surface area (Å²) in [5.41, 5.74) is 0.0838. The number of hydrogen-bond donors (Lipinski definition) is 0. The number of nitro benzene ring substituents is 1. The molecule has 0 aromatic heterocycles. The zero-order valence-corrected chi connectivity index (χ0v) is 21.3. The average Bonchev–Trinajstić information content (AvgIpc) is 2.79. The van der Waals surface area contributed by atoms with Gasteiger partial charge in [0.1, 0.15) is 0 Å². The molecular formula is C25H30N2O7S. The van der Waals surface area contributed by atoms with Crippen LogP contribution in [0.2, 0.25) is 0 Å². The number of amides is 1. The lowest BCUT2D eigenvalue weighted by atomic mass is 9.43. The molecule has 0 N–H and O–H groups in total. The van der Waals surface area contributed by atoms with Gasteiger partial charge >= 0.3 is 5.97 Å². The van der Waals surface area contributed by atoms with E-state index >= 15 is 0 Å². The maximum absolute atomic E-state index is 14.1. The van der Waals surface area contributed by atoms with Crippen LogP contribution in [0.4, 0.5) is 5.69 Å². The molecule has 10 heteroatoms. The number of nitro groups is 1. The molecule has 35 heavy (non-hydrogen) atoms. The Morgan fingerprint density at radius 2 is 1.89 bits per heavy atom. The molecule has 0 unspecified atom stereocenters. The third-order valence-electron chi connectivity index (χ3n) is 8.68. The van der Waals surface area contributed by atoms with Gasteiger partial charge in [-0.15, -0.1) is 0 Å². The van der Waals surface area contributed by atoms with E-state index in [1.54, 1.807) is 0 Å². The Bertz CT molecular complexity index is 1300. The summed E-state index contributed by atoms with van der Waals surface area (Å²) in [5, 5.41) is 11.7. The molecule has 2 bridgehead atoms. The second-order valence-corrected chi connectivity index (χ2v) is 12.1. The number of ether oxygens (including phenoxy) is 1. The molecule has 1 aromatic carbocycles. The van der Waals surface area contributed by atoms with Crippen LogP contribution in [0.3, 0.4) is 0 Å².